The molecular formula is C17H36N2. The Morgan fingerprint density at radius 2 is 1.53 bits per heavy atom. The van der Waals surface area contributed by atoms with Gasteiger partial charge in [-0.05, 0) is 69.6 Å². The number of nitrogens with one attached hydrogen (secondary N) is 1. The van der Waals surface area contributed by atoms with Crippen LogP contribution in [-0.4, -0.2) is 37.1 Å². The SMILES string of the molecule is CCNCC1CCN(C(CC(C)C)CC(C)C)CC1. The van der Waals surface area contributed by atoms with Crippen LogP contribution in [0.15, 0.2) is 0 Å². The lowest BCUT2D eigenvalue weighted by Gasteiger charge is -2.39. The van der Waals surface area contributed by atoms with Crippen LogP contribution in [0.2, 0.25) is 0 Å². The topological polar surface area (TPSA) is 15.3 Å². The summed E-state index contributed by atoms with van der Waals surface area (Å²) in [5.41, 5.74) is 0. The van der Waals surface area contributed by atoms with Crippen molar-refractivity contribution < 1.29 is 0 Å². The summed E-state index contributed by atoms with van der Waals surface area (Å²) < 4.78 is 0. The molecule has 1 saturated heterocycles. The van der Waals surface area contributed by atoms with Crippen molar-refractivity contribution in [2.75, 3.05) is 26.2 Å². The summed E-state index contributed by atoms with van der Waals surface area (Å²) in [5.74, 6) is 2.56. The summed E-state index contributed by atoms with van der Waals surface area (Å²) in [6.07, 6.45) is 5.52. The normalized spacial score (nSPS) is 18.9. The molecule has 0 aromatic rings. The van der Waals surface area contributed by atoms with Crippen molar-refractivity contribution in [3.05, 3.63) is 0 Å². The van der Waals surface area contributed by atoms with Crippen LogP contribution >= 0.6 is 0 Å². The van der Waals surface area contributed by atoms with E-state index in [1.165, 1.54) is 45.3 Å². The predicted molar refractivity (Wildman–Crippen MR) is 85.5 cm³/mol. The van der Waals surface area contributed by atoms with Gasteiger partial charge in [0.2, 0.25) is 0 Å². The van der Waals surface area contributed by atoms with Crippen molar-refractivity contribution in [2.45, 2.75) is 66.3 Å². The predicted octanol–water partition coefficient (Wildman–Crippen LogP) is 3.77. The molecule has 0 saturated carbocycles. The van der Waals surface area contributed by atoms with E-state index < -0.39 is 0 Å². The van der Waals surface area contributed by atoms with Crippen LogP contribution in [-0.2, 0) is 0 Å². The molecule has 0 spiro atoms. The maximum absolute atomic E-state index is 3.51. The third kappa shape index (κ3) is 6.76. The highest BCUT2D eigenvalue weighted by molar-refractivity contribution is 4.80. The molecule has 1 heterocycles. The van der Waals surface area contributed by atoms with Crippen molar-refractivity contribution in [1.29, 1.82) is 0 Å². The average molecular weight is 268 g/mol. The number of rotatable bonds is 8. The third-order valence-electron chi connectivity index (χ3n) is 4.34. The fourth-order valence-corrected chi connectivity index (χ4v) is 3.35. The van der Waals surface area contributed by atoms with Gasteiger partial charge in [-0.3, -0.25) is 0 Å². The van der Waals surface area contributed by atoms with Crippen molar-refractivity contribution in [3.8, 4) is 0 Å². The van der Waals surface area contributed by atoms with Gasteiger partial charge < -0.3 is 10.2 Å². The summed E-state index contributed by atoms with van der Waals surface area (Å²) in [6, 6.07) is 0.820. The lowest BCUT2D eigenvalue weighted by molar-refractivity contribution is 0.104. The molecule has 0 radical (unpaired) electrons. The molecule has 0 aromatic heterocycles. The number of hydrogen-bond donors (Lipinski definition) is 1. The highest BCUT2D eigenvalue weighted by Crippen LogP contribution is 2.25. The van der Waals surface area contributed by atoms with E-state index in [4.69, 9.17) is 0 Å². The Hall–Kier alpha value is -0.0800. The van der Waals surface area contributed by atoms with Crippen LogP contribution in [0.25, 0.3) is 0 Å². The molecule has 0 amide bonds. The van der Waals surface area contributed by atoms with E-state index in [2.05, 4.69) is 44.8 Å². The van der Waals surface area contributed by atoms with Gasteiger partial charge in [-0.2, -0.15) is 0 Å². The van der Waals surface area contributed by atoms with E-state index in [9.17, 15) is 0 Å². The second-order valence-corrected chi connectivity index (χ2v) is 7.20. The molecule has 0 atom stereocenters. The molecular weight excluding hydrogens is 232 g/mol. The Bertz CT molecular complexity index is 207. The maximum atomic E-state index is 3.51. The molecule has 0 bridgehead atoms. The van der Waals surface area contributed by atoms with Crippen LogP contribution in [0.4, 0.5) is 0 Å². The fraction of sp³-hybridized carbons (Fsp3) is 1.00. The Morgan fingerprint density at radius 1 is 1.00 bits per heavy atom. The van der Waals surface area contributed by atoms with E-state index in [0.29, 0.717) is 0 Å². The first kappa shape index (κ1) is 17.0. The minimum Gasteiger partial charge on any atom is -0.317 e. The molecule has 0 unspecified atom stereocenters. The fourth-order valence-electron chi connectivity index (χ4n) is 3.35. The van der Waals surface area contributed by atoms with Crippen molar-refractivity contribution in [1.82, 2.24) is 10.2 Å². The maximum Gasteiger partial charge on any atom is 0.0100 e. The zero-order chi connectivity index (χ0) is 14.3. The van der Waals surface area contributed by atoms with Crippen LogP contribution in [0.3, 0.4) is 0 Å². The van der Waals surface area contributed by atoms with Gasteiger partial charge in [-0.15, -0.1) is 0 Å². The van der Waals surface area contributed by atoms with E-state index in [0.717, 1.165) is 30.3 Å². The minimum absolute atomic E-state index is 0.820. The van der Waals surface area contributed by atoms with Gasteiger partial charge in [-0.1, -0.05) is 34.6 Å². The molecule has 2 nitrogen and oxygen atoms in total. The Morgan fingerprint density at radius 3 is 1.95 bits per heavy atom. The van der Waals surface area contributed by atoms with Gasteiger partial charge in [0, 0.05) is 6.04 Å². The quantitative estimate of drug-likeness (QED) is 0.721. The molecule has 19 heavy (non-hydrogen) atoms. The van der Waals surface area contributed by atoms with Crippen LogP contribution in [0.5, 0.6) is 0 Å². The summed E-state index contributed by atoms with van der Waals surface area (Å²) in [4.78, 5) is 2.78. The van der Waals surface area contributed by atoms with Crippen LogP contribution in [0, 0.1) is 17.8 Å². The Labute approximate surface area is 121 Å². The third-order valence-corrected chi connectivity index (χ3v) is 4.34. The number of nitrogens with zero attached hydrogens (tertiary/aromatic N) is 1. The Kier molecular flexibility index (Phi) is 8.01. The van der Waals surface area contributed by atoms with Gasteiger partial charge >= 0.3 is 0 Å². The molecule has 114 valence electrons. The second-order valence-electron chi connectivity index (χ2n) is 7.20. The van der Waals surface area contributed by atoms with Crippen molar-refractivity contribution in [3.63, 3.8) is 0 Å². The van der Waals surface area contributed by atoms with E-state index in [-0.39, 0.29) is 0 Å². The van der Waals surface area contributed by atoms with Crippen molar-refractivity contribution >= 4 is 0 Å². The van der Waals surface area contributed by atoms with Crippen molar-refractivity contribution in [2.24, 2.45) is 17.8 Å². The van der Waals surface area contributed by atoms with E-state index in [1.54, 1.807) is 0 Å². The van der Waals surface area contributed by atoms with Gasteiger partial charge in [0.1, 0.15) is 0 Å². The first-order valence-electron chi connectivity index (χ1n) is 8.47. The van der Waals surface area contributed by atoms with Gasteiger partial charge in [0.15, 0.2) is 0 Å². The molecule has 1 rings (SSSR count). The monoisotopic (exact) mass is 268 g/mol. The summed E-state index contributed by atoms with van der Waals surface area (Å²) in [5, 5.41) is 3.51. The first-order valence-corrected chi connectivity index (χ1v) is 8.47. The Balaban J connectivity index is 2.40. The zero-order valence-corrected chi connectivity index (χ0v) is 13.9. The van der Waals surface area contributed by atoms with E-state index >= 15 is 0 Å². The highest BCUT2D eigenvalue weighted by Gasteiger charge is 2.25. The highest BCUT2D eigenvalue weighted by atomic mass is 15.2. The molecule has 1 aliphatic heterocycles. The van der Waals surface area contributed by atoms with Crippen LogP contribution < -0.4 is 5.32 Å². The standard InChI is InChI=1S/C17H36N2/c1-6-18-13-16-7-9-19(10-8-16)17(11-14(2)3)12-15(4)5/h14-18H,6-13H2,1-5H3. The smallest absolute Gasteiger partial charge is 0.0100 e. The molecule has 1 aliphatic rings. The lowest BCUT2D eigenvalue weighted by Crippen LogP contribution is -2.44. The number of piperidine rings is 1. The number of hydrogen-bond acceptors (Lipinski definition) is 2. The van der Waals surface area contributed by atoms with Gasteiger partial charge in [0.25, 0.3) is 0 Å². The number of likely N-dealkylation sites (tertiary alicyclic amines) is 1. The summed E-state index contributed by atoms with van der Waals surface area (Å²) >= 11 is 0. The summed E-state index contributed by atoms with van der Waals surface area (Å²) in [7, 11) is 0. The van der Waals surface area contributed by atoms with Gasteiger partial charge in [-0.25, -0.2) is 0 Å². The molecule has 0 aliphatic carbocycles. The zero-order valence-electron chi connectivity index (χ0n) is 13.9. The van der Waals surface area contributed by atoms with E-state index in [1.807, 2.05) is 0 Å². The summed E-state index contributed by atoms with van der Waals surface area (Å²) in [6.45, 7) is 16.6. The first-order chi connectivity index (χ1) is 9.02. The average Bonchev–Trinajstić information content (AvgIpc) is 2.35. The lowest BCUT2D eigenvalue weighted by atomic mass is 9.90. The minimum atomic E-state index is 0.820. The molecule has 0 aromatic carbocycles. The van der Waals surface area contributed by atoms with Crippen LogP contribution in [0.1, 0.15) is 60.3 Å². The molecule has 1 fully saturated rings. The molecule has 1 N–H and O–H groups in total. The second kappa shape index (κ2) is 8.97. The van der Waals surface area contributed by atoms with Gasteiger partial charge in [0.05, 0.1) is 0 Å². The largest absolute Gasteiger partial charge is 0.317 e. The molecule has 2 heteroatoms.